The molecule has 0 saturated heterocycles. The van der Waals surface area contributed by atoms with Crippen LogP contribution in [0.4, 0.5) is 0 Å². The van der Waals surface area contributed by atoms with Gasteiger partial charge in [-0.15, -0.1) is 0 Å². The van der Waals surface area contributed by atoms with Crippen molar-refractivity contribution in [3.05, 3.63) is 47.5 Å². The standard InChI is InChI=1S/C14H12N2O5/c17-9-2-1-8(12(19)5-9)7-15-16-14(21)11-4-3-10(18)6-13(11)20/h1-7,17-20H,(H,16,21). The molecule has 21 heavy (non-hydrogen) atoms. The Morgan fingerprint density at radius 2 is 1.57 bits per heavy atom. The number of benzene rings is 2. The van der Waals surface area contributed by atoms with E-state index in [1.165, 1.54) is 30.5 Å². The molecule has 108 valence electrons. The maximum atomic E-state index is 11.7. The van der Waals surface area contributed by atoms with Gasteiger partial charge >= 0.3 is 0 Å². The quantitative estimate of drug-likeness (QED) is 0.430. The van der Waals surface area contributed by atoms with Crippen LogP contribution in [0.25, 0.3) is 0 Å². The lowest BCUT2D eigenvalue weighted by Crippen LogP contribution is -2.17. The molecule has 0 aromatic heterocycles. The first-order valence-electron chi connectivity index (χ1n) is 5.85. The van der Waals surface area contributed by atoms with E-state index in [0.29, 0.717) is 5.56 Å². The highest BCUT2D eigenvalue weighted by Gasteiger charge is 2.10. The van der Waals surface area contributed by atoms with Crippen LogP contribution < -0.4 is 5.43 Å². The fraction of sp³-hybridized carbons (Fsp3) is 0. The monoisotopic (exact) mass is 288 g/mol. The van der Waals surface area contributed by atoms with Crippen LogP contribution in [-0.2, 0) is 0 Å². The van der Waals surface area contributed by atoms with Crippen LogP contribution in [0.2, 0.25) is 0 Å². The Morgan fingerprint density at radius 1 is 0.952 bits per heavy atom. The molecule has 0 unspecified atom stereocenters. The van der Waals surface area contributed by atoms with Gasteiger partial charge in [0.2, 0.25) is 0 Å². The third kappa shape index (κ3) is 3.41. The third-order valence-electron chi connectivity index (χ3n) is 2.61. The van der Waals surface area contributed by atoms with Gasteiger partial charge in [-0.3, -0.25) is 4.79 Å². The first-order chi connectivity index (χ1) is 9.97. The van der Waals surface area contributed by atoms with Gasteiger partial charge in [-0.2, -0.15) is 5.10 Å². The molecule has 7 nitrogen and oxygen atoms in total. The van der Waals surface area contributed by atoms with Crippen molar-refractivity contribution in [3.63, 3.8) is 0 Å². The number of rotatable bonds is 3. The maximum absolute atomic E-state index is 11.7. The number of phenolic OH excluding ortho intramolecular Hbond substituents is 4. The van der Waals surface area contributed by atoms with Gasteiger partial charge in [-0.1, -0.05) is 0 Å². The zero-order chi connectivity index (χ0) is 15.4. The Bertz CT molecular complexity index is 713. The van der Waals surface area contributed by atoms with Crippen molar-refractivity contribution in [2.24, 2.45) is 5.10 Å². The largest absolute Gasteiger partial charge is 0.508 e. The molecule has 0 aliphatic carbocycles. The summed E-state index contributed by atoms with van der Waals surface area (Å²) in [4.78, 5) is 11.7. The maximum Gasteiger partial charge on any atom is 0.275 e. The second kappa shape index (κ2) is 5.83. The number of nitrogens with one attached hydrogen (secondary N) is 1. The third-order valence-corrected chi connectivity index (χ3v) is 2.61. The molecule has 0 radical (unpaired) electrons. The summed E-state index contributed by atoms with van der Waals surface area (Å²) in [5, 5.41) is 40.9. The van der Waals surface area contributed by atoms with Gasteiger partial charge in [0.25, 0.3) is 5.91 Å². The van der Waals surface area contributed by atoms with Crippen molar-refractivity contribution in [3.8, 4) is 23.0 Å². The Balaban J connectivity index is 2.08. The molecule has 7 heteroatoms. The van der Waals surface area contributed by atoms with Crippen LogP contribution in [0.3, 0.4) is 0 Å². The number of carbonyl (C=O) groups is 1. The average Bonchev–Trinajstić information content (AvgIpc) is 2.41. The summed E-state index contributed by atoms with van der Waals surface area (Å²) in [6.07, 6.45) is 1.18. The van der Waals surface area contributed by atoms with Crippen molar-refractivity contribution < 1.29 is 25.2 Å². The first-order valence-corrected chi connectivity index (χ1v) is 5.85. The Hall–Kier alpha value is -3.22. The summed E-state index contributed by atoms with van der Waals surface area (Å²) in [5.41, 5.74) is 2.40. The van der Waals surface area contributed by atoms with Gasteiger partial charge in [0.05, 0.1) is 11.8 Å². The fourth-order valence-electron chi connectivity index (χ4n) is 1.57. The number of hydrogen-bond donors (Lipinski definition) is 5. The van der Waals surface area contributed by atoms with E-state index in [1.54, 1.807) is 0 Å². The van der Waals surface area contributed by atoms with Crippen molar-refractivity contribution in [2.45, 2.75) is 0 Å². The van der Waals surface area contributed by atoms with Crippen LogP contribution in [0, 0.1) is 0 Å². The average molecular weight is 288 g/mol. The van der Waals surface area contributed by atoms with E-state index >= 15 is 0 Å². The number of nitrogens with zero attached hydrogens (tertiary/aromatic N) is 1. The van der Waals surface area contributed by atoms with E-state index in [4.69, 9.17) is 10.2 Å². The van der Waals surface area contributed by atoms with Crippen LogP contribution in [0.15, 0.2) is 41.5 Å². The summed E-state index contributed by atoms with van der Waals surface area (Å²) in [6, 6.07) is 7.43. The van der Waals surface area contributed by atoms with E-state index in [1.807, 2.05) is 0 Å². The molecule has 0 spiro atoms. The van der Waals surface area contributed by atoms with E-state index in [-0.39, 0.29) is 28.6 Å². The van der Waals surface area contributed by atoms with Crippen LogP contribution in [-0.4, -0.2) is 32.5 Å². The van der Waals surface area contributed by atoms with E-state index < -0.39 is 5.91 Å². The molecule has 2 aromatic carbocycles. The smallest absolute Gasteiger partial charge is 0.275 e. The molecule has 5 N–H and O–H groups in total. The van der Waals surface area contributed by atoms with Gasteiger partial charge in [-0.25, -0.2) is 5.43 Å². The van der Waals surface area contributed by atoms with E-state index in [2.05, 4.69) is 10.5 Å². The molecule has 0 aliphatic rings. The molecule has 2 aromatic rings. The molecule has 0 fully saturated rings. The van der Waals surface area contributed by atoms with Gasteiger partial charge in [-0.05, 0) is 24.3 Å². The van der Waals surface area contributed by atoms with E-state index in [0.717, 1.165) is 12.1 Å². The van der Waals surface area contributed by atoms with Gasteiger partial charge in [0.1, 0.15) is 23.0 Å². The molecular formula is C14H12N2O5. The minimum atomic E-state index is -0.679. The number of hydrogen-bond acceptors (Lipinski definition) is 6. The minimum absolute atomic E-state index is 0.0557. The SMILES string of the molecule is O=C(NN=Cc1ccc(O)cc1O)c1ccc(O)cc1O. The number of hydrazone groups is 1. The number of carbonyl (C=O) groups excluding carboxylic acids is 1. The number of amides is 1. The van der Waals surface area contributed by atoms with Crippen molar-refractivity contribution in [2.75, 3.05) is 0 Å². The van der Waals surface area contributed by atoms with Crippen LogP contribution in [0.1, 0.15) is 15.9 Å². The normalized spacial score (nSPS) is 10.7. The lowest BCUT2D eigenvalue weighted by molar-refractivity contribution is 0.0952. The summed E-state index contributed by atoms with van der Waals surface area (Å²) in [6.45, 7) is 0. The lowest BCUT2D eigenvalue weighted by Gasteiger charge is -2.03. The second-order valence-corrected chi connectivity index (χ2v) is 4.14. The van der Waals surface area contributed by atoms with Crippen molar-refractivity contribution >= 4 is 12.1 Å². The minimum Gasteiger partial charge on any atom is -0.508 e. The molecular weight excluding hydrogens is 276 g/mol. The summed E-state index contributed by atoms with van der Waals surface area (Å²) >= 11 is 0. The highest BCUT2D eigenvalue weighted by atomic mass is 16.3. The van der Waals surface area contributed by atoms with E-state index in [9.17, 15) is 15.0 Å². The zero-order valence-corrected chi connectivity index (χ0v) is 10.7. The van der Waals surface area contributed by atoms with Crippen molar-refractivity contribution in [1.82, 2.24) is 5.43 Å². The Morgan fingerprint density at radius 3 is 2.19 bits per heavy atom. The molecule has 0 aliphatic heterocycles. The fourth-order valence-corrected chi connectivity index (χ4v) is 1.57. The molecule has 2 rings (SSSR count). The molecule has 0 saturated carbocycles. The summed E-state index contributed by atoms with van der Waals surface area (Å²) < 4.78 is 0. The molecule has 0 atom stereocenters. The second-order valence-electron chi connectivity index (χ2n) is 4.14. The predicted molar refractivity (Wildman–Crippen MR) is 74.6 cm³/mol. The Kier molecular flexibility index (Phi) is 3.94. The van der Waals surface area contributed by atoms with Gasteiger partial charge in [0, 0.05) is 17.7 Å². The topological polar surface area (TPSA) is 122 Å². The van der Waals surface area contributed by atoms with Gasteiger partial charge < -0.3 is 20.4 Å². The Labute approximate surface area is 119 Å². The predicted octanol–water partition coefficient (Wildman–Crippen LogP) is 1.27. The lowest BCUT2D eigenvalue weighted by atomic mass is 10.2. The highest BCUT2D eigenvalue weighted by Crippen LogP contribution is 2.22. The van der Waals surface area contributed by atoms with Crippen LogP contribution in [0.5, 0.6) is 23.0 Å². The summed E-state index contributed by atoms with van der Waals surface area (Å²) in [5.74, 6) is -1.51. The summed E-state index contributed by atoms with van der Waals surface area (Å²) in [7, 11) is 0. The number of aromatic hydroxyl groups is 4. The molecule has 0 bridgehead atoms. The van der Waals surface area contributed by atoms with Crippen molar-refractivity contribution in [1.29, 1.82) is 0 Å². The van der Waals surface area contributed by atoms with Gasteiger partial charge in [0.15, 0.2) is 0 Å². The molecule has 1 amide bonds. The molecule has 0 heterocycles. The van der Waals surface area contributed by atoms with Crippen LogP contribution >= 0.6 is 0 Å². The first kappa shape index (κ1) is 14.2. The number of phenols is 4. The highest BCUT2D eigenvalue weighted by molar-refractivity contribution is 5.97. The zero-order valence-electron chi connectivity index (χ0n) is 10.7.